The maximum atomic E-state index is 13.2. The van der Waals surface area contributed by atoms with Crippen molar-refractivity contribution in [3.8, 4) is 11.1 Å². The lowest BCUT2D eigenvalue weighted by Crippen LogP contribution is -2.28. The molecule has 0 unspecified atom stereocenters. The number of nitrogens with zero attached hydrogens (tertiary/aromatic N) is 2. The zero-order valence-corrected chi connectivity index (χ0v) is 16.6. The Labute approximate surface area is 160 Å². The first kappa shape index (κ1) is 19.0. The van der Waals surface area contributed by atoms with Gasteiger partial charge in [0, 0.05) is 17.8 Å². The van der Waals surface area contributed by atoms with Crippen LogP contribution in [0.4, 0.5) is 4.39 Å². The van der Waals surface area contributed by atoms with Gasteiger partial charge in [0.1, 0.15) is 5.82 Å². The number of rotatable bonds is 6. The molecule has 9 heteroatoms. The lowest BCUT2D eigenvalue weighted by Gasteiger charge is -2.09. The minimum Gasteiger partial charge on any atom is -0.268 e. The monoisotopic (exact) mass is 413 g/mol. The molecule has 0 bridgehead atoms. The molecule has 0 fully saturated rings. The molecule has 3 rings (SSSR count). The normalized spacial score (nSPS) is 11.8. The van der Waals surface area contributed by atoms with E-state index < -0.39 is 15.8 Å². The summed E-state index contributed by atoms with van der Waals surface area (Å²) in [5, 5.41) is 8.34. The van der Waals surface area contributed by atoms with Gasteiger partial charge in [0.15, 0.2) is 0 Å². The van der Waals surface area contributed by atoms with E-state index in [4.69, 9.17) is 11.6 Å². The van der Waals surface area contributed by atoms with Crippen LogP contribution in [0.3, 0.4) is 0 Å². The van der Waals surface area contributed by atoms with Crippen molar-refractivity contribution in [3.05, 3.63) is 57.3 Å². The molecule has 138 valence electrons. The highest BCUT2D eigenvalue weighted by atomic mass is 35.5. The number of hydrogen-bond donors (Lipinski definition) is 1. The molecule has 26 heavy (non-hydrogen) atoms. The Morgan fingerprint density at radius 2 is 2.08 bits per heavy atom. The van der Waals surface area contributed by atoms with E-state index in [0.717, 1.165) is 34.6 Å². The van der Waals surface area contributed by atoms with E-state index >= 15 is 0 Å². The molecule has 5 nitrogen and oxygen atoms in total. The van der Waals surface area contributed by atoms with E-state index in [1.807, 2.05) is 25.3 Å². The Morgan fingerprint density at radius 1 is 1.31 bits per heavy atom. The van der Waals surface area contributed by atoms with Crippen molar-refractivity contribution >= 4 is 33.0 Å². The smallest absolute Gasteiger partial charge is 0.240 e. The van der Waals surface area contributed by atoms with E-state index in [2.05, 4.69) is 15.2 Å². The van der Waals surface area contributed by atoms with Gasteiger partial charge in [-0.3, -0.25) is 4.68 Å². The van der Waals surface area contributed by atoms with Gasteiger partial charge < -0.3 is 0 Å². The van der Waals surface area contributed by atoms with Crippen molar-refractivity contribution < 1.29 is 12.8 Å². The van der Waals surface area contributed by atoms with Crippen LogP contribution in [0.15, 0.2) is 39.9 Å². The lowest BCUT2D eigenvalue weighted by atomic mass is 10.1. The van der Waals surface area contributed by atoms with Gasteiger partial charge in [0.2, 0.25) is 10.0 Å². The van der Waals surface area contributed by atoms with Gasteiger partial charge in [-0.15, -0.1) is 0 Å². The van der Waals surface area contributed by atoms with Crippen LogP contribution in [0.5, 0.6) is 0 Å². The molecule has 0 aliphatic heterocycles. The fourth-order valence-corrected chi connectivity index (χ4v) is 4.69. The van der Waals surface area contributed by atoms with Crippen LogP contribution in [-0.2, 0) is 16.6 Å². The third-order valence-corrected chi connectivity index (χ3v) is 6.44. The van der Waals surface area contributed by atoms with Crippen LogP contribution >= 0.6 is 22.9 Å². The second-order valence-corrected chi connectivity index (χ2v) is 8.71. The highest BCUT2D eigenvalue weighted by Gasteiger charge is 2.17. The number of nitrogens with one attached hydrogen (secondary N) is 1. The Hall–Kier alpha value is -1.74. The molecule has 3 aromatic rings. The third kappa shape index (κ3) is 3.83. The molecule has 1 N–H and O–H groups in total. The van der Waals surface area contributed by atoms with Crippen LogP contribution < -0.4 is 4.72 Å². The first-order chi connectivity index (χ1) is 12.3. The third-order valence-electron chi connectivity index (χ3n) is 4.01. The molecule has 0 aliphatic carbocycles. The van der Waals surface area contributed by atoms with E-state index in [1.165, 1.54) is 6.07 Å². The topological polar surface area (TPSA) is 64.0 Å². The molecule has 0 aliphatic rings. The van der Waals surface area contributed by atoms with Crippen molar-refractivity contribution in [2.24, 2.45) is 0 Å². The van der Waals surface area contributed by atoms with Gasteiger partial charge in [-0.1, -0.05) is 11.6 Å². The number of sulfonamides is 1. The summed E-state index contributed by atoms with van der Waals surface area (Å²) in [6.45, 7) is 4.43. The summed E-state index contributed by atoms with van der Waals surface area (Å²) < 4.78 is 42.1. The molecule has 0 spiro atoms. The van der Waals surface area contributed by atoms with Crippen LogP contribution in [0.1, 0.15) is 11.4 Å². The average Bonchev–Trinajstić information content (AvgIpc) is 3.18. The molecule has 0 saturated heterocycles. The quantitative estimate of drug-likeness (QED) is 0.664. The Kier molecular flexibility index (Phi) is 5.47. The highest BCUT2D eigenvalue weighted by molar-refractivity contribution is 7.89. The molecule has 2 heterocycles. The number of halogens is 2. The Bertz CT molecular complexity index is 1030. The predicted octanol–water partition coefficient (Wildman–Crippen LogP) is 4.00. The highest BCUT2D eigenvalue weighted by Crippen LogP contribution is 2.28. The maximum Gasteiger partial charge on any atom is 0.240 e. The van der Waals surface area contributed by atoms with E-state index in [1.54, 1.807) is 16.0 Å². The largest absolute Gasteiger partial charge is 0.268 e. The average molecular weight is 414 g/mol. The lowest BCUT2D eigenvalue weighted by molar-refractivity contribution is 0.554. The number of aryl methyl sites for hydroxylation is 1. The summed E-state index contributed by atoms with van der Waals surface area (Å²) >= 11 is 7.27. The van der Waals surface area contributed by atoms with Gasteiger partial charge in [0.25, 0.3) is 0 Å². The predicted molar refractivity (Wildman–Crippen MR) is 102 cm³/mol. The summed E-state index contributed by atoms with van der Waals surface area (Å²) in [5.74, 6) is -0.658. The first-order valence-electron chi connectivity index (χ1n) is 7.81. The minimum atomic E-state index is -3.77. The summed E-state index contributed by atoms with van der Waals surface area (Å²) in [7, 11) is -3.77. The molecule has 0 saturated carbocycles. The molecule has 1 aromatic carbocycles. The Balaban J connectivity index is 1.72. The van der Waals surface area contributed by atoms with Crippen molar-refractivity contribution in [1.29, 1.82) is 0 Å². The van der Waals surface area contributed by atoms with E-state index in [-0.39, 0.29) is 16.5 Å². The minimum absolute atomic E-state index is 0.0729. The molecule has 0 amide bonds. The number of benzene rings is 1. The number of hydrogen-bond acceptors (Lipinski definition) is 4. The molecule has 0 atom stereocenters. The van der Waals surface area contributed by atoms with Crippen LogP contribution in [-0.4, -0.2) is 24.7 Å². The maximum absolute atomic E-state index is 13.2. The fraction of sp³-hybridized carbons (Fsp3) is 0.235. The fourth-order valence-electron chi connectivity index (χ4n) is 2.75. The molecular weight excluding hydrogens is 397 g/mol. The Morgan fingerprint density at radius 3 is 2.73 bits per heavy atom. The zero-order valence-electron chi connectivity index (χ0n) is 14.2. The van der Waals surface area contributed by atoms with Crippen LogP contribution in [0, 0.1) is 19.7 Å². The SMILES string of the molecule is Cc1nn(CCNS(=O)(=O)c2ccc(F)c(Cl)c2)c(C)c1-c1ccsc1. The van der Waals surface area contributed by atoms with Gasteiger partial charge in [0.05, 0.1) is 22.2 Å². The van der Waals surface area contributed by atoms with Gasteiger partial charge in [-0.25, -0.2) is 17.5 Å². The van der Waals surface area contributed by atoms with Gasteiger partial charge in [-0.2, -0.15) is 16.4 Å². The summed E-state index contributed by atoms with van der Waals surface area (Å²) in [6, 6.07) is 5.34. The summed E-state index contributed by atoms with van der Waals surface area (Å²) in [6.07, 6.45) is 0. The van der Waals surface area contributed by atoms with E-state index in [9.17, 15) is 12.8 Å². The first-order valence-corrected chi connectivity index (χ1v) is 10.6. The van der Waals surface area contributed by atoms with Crippen LogP contribution in [0.2, 0.25) is 5.02 Å². The van der Waals surface area contributed by atoms with Crippen LogP contribution in [0.25, 0.3) is 11.1 Å². The molecular formula is C17H17ClFN3O2S2. The second kappa shape index (κ2) is 7.48. The van der Waals surface area contributed by atoms with Crippen molar-refractivity contribution in [2.75, 3.05) is 6.54 Å². The number of aromatic nitrogens is 2. The molecule has 2 aromatic heterocycles. The van der Waals surface area contributed by atoms with Crippen molar-refractivity contribution in [2.45, 2.75) is 25.3 Å². The second-order valence-electron chi connectivity index (χ2n) is 5.75. The zero-order chi connectivity index (χ0) is 18.9. The van der Waals surface area contributed by atoms with Crippen molar-refractivity contribution in [1.82, 2.24) is 14.5 Å². The van der Waals surface area contributed by atoms with Gasteiger partial charge >= 0.3 is 0 Å². The van der Waals surface area contributed by atoms with E-state index in [0.29, 0.717) is 6.54 Å². The molecule has 0 radical (unpaired) electrons. The summed E-state index contributed by atoms with van der Waals surface area (Å²) in [4.78, 5) is -0.0729. The van der Waals surface area contributed by atoms with Crippen molar-refractivity contribution in [3.63, 3.8) is 0 Å². The number of thiophene rings is 1. The summed E-state index contributed by atoms with van der Waals surface area (Å²) in [5.41, 5.74) is 4.05. The standard InChI is InChI=1S/C17H17ClFN3O2S2/c1-11-17(13-5-8-25-10-13)12(2)22(21-11)7-6-20-26(23,24)14-3-4-16(19)15(18)9-14/h3-5,8-10,20H,6-7H2,1-2H3. The van der Waals surface area contributed by atoms with Gasteiger partial charge in [-0.05, 0) is 54.4 Å².